The molecule has 3 aromatic heterocycles. The molecule has 0 N–H and O–H groups in total. The molecule has 0 atom stereocenters. The van der Waals surface area contributed by atoms with Crippen LogP contribution >= 0.6 is 0 Å². The van der Waals surface area contributed by atoms with Crippen LogP contribution < -0.4 is 0 Å². The molecule has 1 aliphatic carbocycles. The molecule has 5 heteroatoms. The Morgan fingerprint density at radius 2 is 0.982 bits per heavy atom. The molecule has 0 spiro atoms. The number of rotatable bonds is 5. The summed E-state index contributed by atoms with van der Waals surface area (Å²) in [4.78, 5) is 16.6. The van der Waals surface area contributed by atoms with Crippen molar-refractivity contribution < 1.29 is 4.42 Å². The third kappa shape index (κ3) is 4.54. The van der Waals surface area contributed by atoms with Crippen LogP contribution in [0.1, 0.15) is 22.5 Å². The van der Waals surface area contributed by atoms with E-state index in [2.05, 4.69) is 174 Å². The number of hydrogen-bond acceptors (Lipinski definition) is 4. The Morgan fingerprint density at radius 3 is 1.72 bits per heavy atom. The lowest BCUT2D eigenvalue weighted by molar-refractivity contribution is 0.669. The first kappa shape index (κ1) is 31.7. The molecule has 0 aliphatic heterocycles. The Kier molecular flexibility index (Phi) is 6.78. The Bertz CT molecular complexity index is 3280. The summed E-state index contributed by atoms with van der Waals surface area (Å²) in [7, 11) is 0. The number of hydrogen-bond donors (Lipinski definition) is 0. The summed E-state index contributed by atoms with van der Waals surface area (Å²) in [6, 6.07) is 68.2. The van der Waals surface area contributed by atoms with E-state index in [-0.39, 0.29) is 0 Å². The molecule has 11 aromatic rings. The molecule has 0 unspecified atom stereocenters. The van der Waals surface area contributed by atoms with E-state index in [0.29, 0.717) is 17.5 Å². The minimum absolute atomic E-state index is 0.589. The largest absolute Gasteiger partial charge is 0.456 e. The predicted molar refractivity (Wildman–Crippen MR) is 230 cm³/mol. The van der Waals surface area contributed by atoms with Gasteiger partial charge >= 0.3 is 0 Å². The quantitative estimate of drug-likeness (QED) is 0.177. The highest BCUT2D eigenvalue weighted by Crippen LogP contribution is 2.55. The first-order chi connectivity index (χ1) is 28.3. The maximum Gasteiger partial charge on any atom is 0.164 e. The van der Waals surface area contributed by atoms with Crippen LogP contribution in [0.25, 0.3) is 83.3 Å². The minimum Gasteiger partial charge on any atom is -0.456 e. The van der Waals surface area contributed by atoms with Crippen LogP contribution in [0.2, 0.25) is 0 Å². The Morgan fingerprint density at radius 1 is 0.421 bits per heavy atom. The lowest BCUT2D eigenvalue weighted by Crippen LogP contribution is -2.31. The van der Waals surface area contributed by atoms with E-state index in [1.54, 1.807) is 0 Å². The van der Waals surface area contributed by atoms with Gasteiger partial charge in [0.25, 0.3) is 0 Å². The van der Waals surface area contributed by atoms with Crippen LogP contribution in [0, 0.1) is 0 Å². The summed E-state index contributed by atoms with van der Waals surface area (Å²) in [5.41, 5.74) is 11.6. The molecular formula is C52H32N4O. The van der Waals surface area contributed by atoms with E-state index in [4.69, 9.17) is 19.4 Å². The maximum atomic E-state index is 6.40. The van der Waals surface area contributed by atoms with Gasteiger partial charge in [0.15, 0.2) is 17.5 Å². The zero-order chi connectivity index (χ0) is 37.5. The van der Waals surface area contributed by atoms with E-state index < -0.39 is 5.41 Å². The fourth-order valence-electron chi connectivity index (χ4n) is 9.34. The smallest absolute Gasteiger partial charge is 0.164 e. The zero-order valence-electron chi connectivity index (χ0n) is 30.7. The van der Waals surface area contributed by atoms with Gasteiger partial charge in [-0.2, -0.15) is 0 Å². The summed E-state index contributed by atoms with van der Waals surface area (Å²) in [5.74, 6) is 1.85. The molecular weight excluding hydrogens is 697 g/mol. The molecule has 57 heavy (non-hydrogen) atoms. The highest BCUT2D eigenvalue weighted by Gasteiger charge is 2.48. The minimum atomic E-state index is -0.822. The summed E-state index contributed by atoms with van der Waals surface area (Å²) in [5, 5.41) is 4.43. The van der Waals surface area contributed by atoms with E-state index in [9.17, 15) is 0 Å². The average Bonchev–Trinajstić information content (AvgIpc) is 3.93. The van der Waals surface area contributed by atoms with Gasteiger partial charge in [-0.3, -0.25) is 0 Å². The lowest BCUT2D eigenvalue weighted by atomic mass is 9.71. The molecule has 0 saturated heterocycles. The second-order valence-electron chi connectivity index (χ2n) is 14.7. The molecule has 1 aliphatic rings. The van der Waals surface area contributed by atoms with Crippen molar-refractivity contribution in [2.45, 2.75) is 5.41 Å². The van der Waals surface area contributed by atoms with Crippen molar-refractivity contribution in [1.29, 1.82) is 0 Å². The molecule has 266 valence electrons. The third-order valence-corrected chi connectivity index (χ3v) is 11.7. The molecule has 8 aromatic carbocycles. The molecule has 0 radical (unpaired) electrons. The third-order valence-electron chi connectivity index (χ3n) is 11.7. The van der Waals surface area contributed by atoms with Gasteiger partial charge in [-0.05, 0) is 64.2 Å². The normalized spacial score (nSPS) is 13.1. The molecule has 0 bridgehead atoms. The second kappa shape index (κ2) is 12.2. The summed E-state index contributed by atoms with van der Waals surface area (Å²) < 4.78 is 8.73. The first-order valence-corrected chi connectivity index (χ1v) is 19.3. The molecule has 0 saturated carbocycles. The lowest BCUT2D eigenvalue weighted by Gasteiger charge is -2.32. The van der Waals surface area contributed by atoms with Crippen LogP contribution in [0.4, 0.5) is 0 Å². The van der Waals surface area contributed by atoms with Crippen molar-refractivity contribution in [2.24, 2.45) is 0 Å². The van der Waals surface area contributed by atoms with Gasteiger partial charge in [-0.15, -0.1) is 0 Å². The van der Waals surface area contributed by atoms with Crippen LogP contribution in [-0.4, -0.2) is 19.5 Å². The van der Waals surface area contributed by atoms with Crippen molar-refractivity contribution in [1.82, 2.24) is 19.5 Å². The fourth-order valence-corrected chi connectivity index (χ4v) is 9.34. The molecule has 5 nitrogen and oxygen atoms in total. The Balaban J connectivity index is 1.18. The van der Waals surface area contributed by atoms with E-state index in [1.165, 1.54) is 21.9 Å². The Hall–Kier alpha value is -7.63. The van der Waals surface area contributed by atoms with Gasteiger partial charge in [-0.25, -0.2) is 15.0 Å². The molecule has 0 fully saturated rings. The van der Waals surface area contributed by atoms with Gasteiger partial charge < -0.3 is 8.98 Å². The van der Waals surface area contributed by atoms with E-state index >= 15 is 0 Å². The first-order valence-electron chi connectivity index (χ1n) is 19.3. The zero-order valence-corrected chi connectivity index (χ0v) is 30.7. The van der Waals surface area contributed by atoms with Gasteiger partial charge in [0.1, 0.15) is 16.6 Å². The Labute approximate surface area is 328 Å². The summed E-state index contributed by atoms with van der Waals surface area (Å²) in [6.45, 7) is 0. The van der Waals surface area contributed by atoms with Crippen LogP contribution in [0.3, 0.4) is 0 Å². The number of fused-ring (bicyclic) bond motifs is 9. The van der Waals surface area contributed by atoms with Gasteiger partial charge in [0.05, 0.1) is 11.0 Å². The predicted octanol–water partition coefficient (Wildman–Crippen LogP) is 12.6. The topological polar surface area (TPSA) is 56.7 Å². The highest BCUT2D eigenvalue weighted by molar-refractivity contribution is 6.12. The van der Waals surface area contributed by atoms with Crippen LogP contribution in [-0.2, 0) is 5.41 Å². The number of para-hydroxylation sites is 3. The van der Waals surface area contributed by atoms with Crippen molar-refractivity contribution in [2.75, 3.05) is 0 Å². The maximum absolute atomic E-state index is 6.40. The molecule has 0 amide bonds. The molecule has 12 rings (SSSR count). The monoisotopic (exact) mass is 728 g/mol. The highest BCUT2D eigenvalue weighted by atomic mass is 16.3. The number of furan rings is 1. The van der Waals surface area contributed by atoms with Crippen molar-refractivity contribution in [3.05, 3.63) is 217 Å². The standard InChI is InChI=1S/C52H32N4O/c1-2-17-34(18-3-1)52(42-26-9-4-20-36(42)37-21-5-10-27-43(37)52)51-54-49(53-50(55-51)41-25-15-31-47-48(41)40-24-8-13-30-46(40)57-47)33-16-14-19-35(32-33)56-44-28-11-6-22-38(44)39-23-7-12-29-45(39)56/h1-32H. The average molecular weight is 729 g/mol. The second-order valence-corrected chi connectivity index (χ2v) is 14.7. The van der Waals surface area contributed by atoms with E-state index in [1.807, 2.05) is 24.3 Å². The number of benzene rings is 8. The number of aromatic nitrogens is 4. The van der Waals surface area contributed by atoms with Gasteiger partial charge in [0.2, 0.25) is 0 Å². The fraction of sp³-hybridized carbons (Fsp3) is 0.0192. The van der Waals surface area contributed by atoms with Crippen molar-refractivity contribution in [3.63, 3.8) is 0 Å². The van der Waals surface area contributed by atoms with Gasteiger partial charge in [0, 0.05) is 38.4 Å². The van der Waals surface area contributed by atoms with Crippen molar-refractivity contribution >= 4 is 43.7 Å². The van der Waals surface area contributed by atoms with Crippen LogP contribution in [0.5, 0.6) is 0 Å². The van der Waals surface area contributed by atoms with Crippen LogP contribution in [0.15, 0.2) is 199 Å². The summed E-state index contributed by atoms with van der Waals surface area (Å²) >= 11 is 0. The number of nitrogens with zero attached hydrogens (tertiary/aromatic N) is 4. The summed E-state index contributed by atoms with van der Waals surface area (Å²) in [6.07, 6.45) is 0. The van der Waals surface area contributed by atoms with E-state index in [0.717, 1.165) is 66.5 Å². The SMILES string of the molecule is c1ccc(C2(c3nc(-c4cccc(-n5c6ccccc6c6ccccc65)c4)nc(-c4cccc5oc6ccccc6c45)n3)c3ccccc3-c3ccccc32)cc1. The molecule has 3 heterocycles. The van der Waals surface area contributed by atoms with Crippen molar-refractivity contribution in [3.8, 4) is 39.6 Å². The van der Waals surface area contributed by atoms with Gasteiger partial charge in [-0.1, -0.05) is 158 Å².